The summed E-state index contributed by atoms with van der Waals surface area (Å²) in [5.74, 6) is 1.42. The van der Waals surface area contributed by atoms with Crippen LogP contribution in [0, 0.1) is 0 Å². The van der Waals surface area contributed by atoms with Crippen LogP contribution in [-0.4, -0.2) is 29.0 Å². The monoisotopic (exact) mass is 528 g/mol. The normalized spacial score (nSPS) is 13.5. The van der Waals surface area contributed by atoms with E-state index in [0.29, 0.717) is 21.6 Å². The highest BCUT2D eigenvalue weighted by Gasteiger charge is 2.18. The summed E-state index contributed by atoms with van der Waals surface area (Å²) in [6, 6.07) is 29.4. The van der Waals surface area contributed by atoms with Crippen molar-refractivity contribution < 1.29 is 4.79 Å². The first-order valence-corrected chi connectivity index (χ1v) is 13.9. The molecule has 1 aliphatic rings. The summed E-state index contributed by atoms with van der Waals surface area (Å²) in [7, 11) is 0. The topological polar surface area (TPSA) is 58.1 Å². The van der Waals surface area contributed by atoms with Crippen molar-refractivity contribution in [2.75, 3.05) is 18.0 Å². The maximum atomic E-state index is 13.3. The smallest absolute Gasteiger partial charge is 0.252 e. The number of thioether (sulfide) groups is 1. The second-order valence-electron chi connectivity index (χ2n) is 9.10. The fourth-order valence-electron chi connectivity index (χ4n) is 4.55. The van der Waals surface area contributed by atoms with Crippen molar-refractivity contribution >= 4 is 35.1 Å². The molecule has 5 nitrogen and oxygen atoms in total. The average molecular weight is 529 g/mol. The van der Waals surface area contributed by atoms with Crippen LogP contribution in [0.5, 0.6) is 0 Å². The van der Waals surface area contributed by atoms with Gasteiger partial charge in [-0.3, -0.25) is 4.79 Å². The van der Waals surface area contributed by atoms with E-state index < -0.39 is 0 Å². The molecule has 7 heteroatoms. The summed E-state index contributed by atoms with van der Waals surface area (Å²) in [5, 5.41) is 4.33. The molecule has 0 atom stereocenters. The Morgan fingerprint density at radius 2 is 1.54 bits per heavy atom. The van der Waals surface area contributed by atoms with E-state index >= 15 is 0 Å². The number of rotatable bonds is 8. The maximum Gasteiger partial charge on any atom is 0.252 e. The molecule has 5 rings (SSSR count). The van der Waals surface area contributed by atoms with Crippen molar-refractivity contribution in [2.45, 2.75) is 36.2 Å². The van der Waals surface area contributed by atoms with Crippen LogP contribution in [0.4, 0.5) is 5.82 Å². The fraction of sp³-hybridized carbons (Fsp3) is 0.233. The maximum absolute atomic E-state index is 13.3. The highest BCUT2D eigenvalue weighted by atomic mass is 35.5. The van der Waals surface area contributed by atoms with Crippen molar-refractivity contribution in [3.8, 4) is 0 Å². The standard InChI is InChI=1S/C30H29ClN4OS/c31-26-20-27(35-17-8-3-9-18-35)33-30(32-26)37-21-22-11-10-16-25(19-22)29(36)34-28(23-12-4-1-5-13-23)24-14-6-2-7-15-24/h1-2,4-7,10-16,19-20,28H,3,8-9,17-18,21H2,(H,34,36). The van der Waals surface area contributed by atoms with E-state index in [4.69, 9.17) is 16.6 Å². The molecule has 1 N–H and O–H groups in total. The number of nitrogens with one attached hydrogen (secondary N) is 1. The molecule has 188 valence electrons. The lowest BCUT2D eigenvalue weighted by molar-refractivity contribution is 0.0943. The number of carbonyl (C=O) groups excluding carboxylic acids is 1. The molecule has 1 aliphatic heterocycles. The molecule has 0 saturated carbocycles. The zero-order valence-electron chi connectivity index (χ0n) is 20.5. The van der Waals surface area contributed by atoms with Crippen molar-refractivity contribution in [1.82, 2.24) is 15.3 Å². The Morgan fingerprint density at radius 3 is 2.22 bits per heavy atom. The molecule has 0 spiro atoms. The second kappa shape index (κ2) is 12.3. The summed E-state index contributed by atoms with van der Waals surface area (Å²) >= 11 is 7.85. The van der Waals surface area contributed by atoms with Crippen LogP contribution in [-0.2, 0) is 5.75 Å². The minimum absolute atomic E-state index is 0.115. The number of aromatic nitrogens is 2. The van der Waals surface area contributed by atoms with Gasteiger partial charge in [0.05, 0.1) is 6.04 Å². The predicted molar refractivity (Wildman–Crippen MR) is 151 cm³/mol. The second-order valence-corrected chi connectivity index (χ2v) is 10.4. The molecular weight excluding hydrogens is 500 g/mol. The van der Waals surface area contributed by atoms with Gasteiger partial charge in [0.15, 0.2) is 5.16 Å². The van der Waals surface area contributed by atoms with Gasteiger partial charge in [0, 0.05) is 30.5 Å². The third kappa shape index (κ3) is 6.70. The summed E-state index contributed by atoms with van der Waals surface area (Å²) in [6.45, 7) is 2.00. The van der Waals surface area contributed by atoms with Gasteiger partial charge in [-0.15, -0.1) is 0 Å². The summed E-state index contributed by atoms with van der Waals surface area (Å²) < 4.78 is 0. The first kappa shape index (κ1) is 25.3. The van der Waals surface area contributed by atoms with Crippen LogP contribution in [0.25, 0.3) is 0 Å². The minimum atomic E-state index is -0.235. The van der Waals surface area contributed by atoms with Gasteiger partial charge in [0.25, 0.3) is 5.91 Å². The molecule has 2 heterocycles. The van der Waals surface area contributed by atoms with Gasteiger partial charge in [0.1, 0.15) is 11.0 Å². The molecule has 0 radical (unpaired) electrons. The molecule has 0 aliphatic carbocycles. The molecule has 4 aromatic rings. The Kier molecular flexibility index (Phi) is 8.39. The number of anilines is 1. The van der Waals surface area contributed by atoms with Crippen molar-refractivity contribution in [3.63, 3.8) is 0 Å². The van der Waals surface area contributed by atoms with Crippen LogP contribution >= 0.6 is 23.4 Å². The SMILES string of the molecule is O=C(NC(c1ccccc1)c1ccccc1)c1cccc(CSc2nc(Cl)cc(N3CCCCC3)n2)c1. The van der Waals surface area contributed by atoms with E-state index in [1.807, 2.05) is 91.0 Å². The average Bonchev–Trinajstić information content (AvgIpc) is 2.96. The number of hydrogen-bond donors (Lipinski definition) is 1. The summed E-state index contributed by atoms with van der Waals surface area (Å²) in [5.41, 5.74) is 3.72. The van der Waals surface area contributed by atoms with Gasteiger partial charge in [-0.2, -0.15) is 0 Å². The summed E-state index contributed by atoms with van der Waals surface area (Å²) in [6.07, 6.45) is 3.61. The highest BCUT2D eigenvalue weighted by Crippen LogP contribution is 2.27. The van der Waals surface area contributed by atoms with Gasteiger partial charge in [-0.1, -0.05) is 96.2 Å². The van der Waals surface area contributed by atoms with Crippen LogP contribution < -0.4 is 10.2 Å². The number of benzene rings is 3. The lowest BCUT2D eigenvalue weighted by Gasteiger charge is -2.27. The Bertz CT molecular complexity index is 1290. The lowest BCUT2D eigenvalue weighted by atomic mass is 9.98. The van der Waals surface area contributed by atoms with Crippen LogP contribution in [0.3, 0.4) is 0 Å². The van der Waals surface area contributed by atoms with Crippen LogP contribution in [0.2, 0.25) is 5.15 Å². The minimum Gasteiger partial charge on any atom is -0.356 e. The Hall–Kier alpha value is -3.35. The van der Waals surface area contributed by atoms with E-state index in [1.54, 1.807) is 0 Å². The third-order valence-corrected chi connectivity index (χ3v) is 7.55. The van der Waals surface area contributed by atoms with Gasteiger partial charge in [0.2, 0.25) is 0 Å². The zero-order chi connectivity index (χ0) is 25.5. The van der Waals surface area contributed by atoms with E-state index in [1.165, 1.54) is 31.0 Å². The van der Waals surface area contributed by atoms with E-state index in [2.05, 4.69) is 15.2 Å². The first-order valence-electron chi connectivity index (χ1n) is 12.6. The highest BCUT2D eigenvalue weighted by molar-refractivity contribution is 7.98. The van der Waals surface area contributed by atoms with Crippen LogP contribution in [0.15, 0.2) is 96.2 Å². The molecule has 0 unspecified atom stereocenters. The molecule has 1 saturated heterocycles. The number of hydrogen-bond acceptors (Lipinski definition) is 5. The molecule has 1 aromatic heterocycles. The Labute approximate surface area is 227 Å². The number of halogens is 1. The zero-order valence-corrected chi connectivity index (χ0v) is 22.1. The van der Waals surface area contributed by atoms with Gasteiger partial charge < -0.3 is 10.2 Å². The predicted octanol–water partition coefficient (Wildman–Crippen LogP) is 6.93. The van der Waals surface area contributed by atoms with Crippen molar-refractivity contribution in [3.05, 3.63) is 118 Å². The number of amides is 1. The van der Waals surface area contributed by atoms with Gasteiger partial charge in [-0.25, -0.2) is 9.97 Å². The Morgan fingerprint density at radius 1 is 0.865 bits per heavy atom. The largest absolute Gasteiger partial charge is 0.356 e. The number of piperidine rings is 1. The van der Waals surface area contributed by atoms with Crippen molar-refractivity contribution in [1.29, 1.82) is 0 Å². The van der Waals surface area contributed by atoms with Gasteiger partial charge >= 0.3 is 0 Å². The summed E-state index contributed by atoms with van der Waals surface area (Å²) in [4.78, 5) is 24.8. The van der Waals surface area contributed by atoms with Crippen LogP contribution in [0.1, 0.15) is 52.4 Å². The molecule has 1 amide bonds. The number of carbonyl (C=O) groups is 1. The number of nitrogens with zero attached hydrogens (tertiary/aromatic N) is 3. The lowest BCUT2D eigenvalue weighted by Crippen LogP contribution is -2.30. The van der Waals surface area contributed by atoms with E-state index in [0.717, 1.165) is 35.6 Å². The van der Waals surface area contributed by atoms with Crippen molar-refractivity contribution in [2.24, 2.45) is 0 Å². The van der Waals surface area contributed by atoms with E-state index in [-0.39, 0.29) is 11.9 Å². The third-order valence-electron chi connectivity index (χ3n) is 6.44. The Balaban J connectivity index is 1.29. The quantitative estimate of drug-likeness (QED) is 0.153. The molecular formula is C30H29ClN4OS. The molecule has 37 heavy (non-hydrogen) atoms. The molecule has 3 aromatic carbocycles. The van der Waals surface area contributed by atoms with E-state index in [9.17, 15) is 4.79 Å². The fourth-order valence-corrected chi connectivity index (χ4v) is 5.57. The first-order chi connectivity index (χ1) is 18.2. The van der Waals surface area contributed by atoms with Gasteiger partial charge in [-0.05, 0) is 48.1 Å². The molecule has 0 bridgehead atoms. The molecule has 1 fully saturated rings.